The minimum absolute atomic E-state index is 0.569. The maximum absolute atomic E-state index is 13.0. The van der Waals surface area contributed by atoms with Crippen LogP contribution in [0.1, 0.15) is 5.56 Å². The van der Waals surface area contributed by atoms with Gasteiger partial charge in [0.25, 0.3) is 6.36 Å². The summed E-state index contributed by atoms with van der Waals surface area (Å²) >= 11 is 0. The number of fused-ring (bicyclic) bond motifs is 1. The molecule has 0 fully saturated rings. The van der Waals surface area contributed by atoms with E-state index < -0.39 is 41.0 Å². The Balaban J connectivity index is 2.71. The fraction of sp³-hybridized carbons (Fsp3) is 0.111. The Labute approximate surface area is 80.8 Å². The normalized spacial score (nSPS) is 19.9. The molecule has 0 N–H and O–H groups in total. The van der Waals surface area contributed by atoms with E-state index in [1.807, 2.05) is 0 Å². The van der Waals surface area contributed by atoms with Crippen LogP contribution in [0.4, 0.5) is 22.0 Å². The van der Waals surface area contributed by atoms with Crippen LogP contribution in [0.15, 0.2) is 18.0 Å². The van der Waals surface area contributed by atoms with Gasteiger partial charge >= 0.3 is 0 Å². The third-order valence-electron chi connectivity index (χ3n) is 1.92. The Hall–Kier alpha value is -1.59. The van der Waals surface area contributed by atoms with Crippen molar-refractivity contribution >= 4 is 5.83 Å². The van der Waals surface area contributed by atoms with Gasteiger partial charge in [-0.25, -0.2) is 17.6 Å². The SMILES string of the molecule is FC1=C(F)C(F)Oc2ccc(F)c(F)c21. The van der Waals surface area contributed by atoms with Crippen molar-refractivity contribution in [1.82, 2.24) is 0 Å². The lowest BCUT2D eigenvalue weighted by Gasteiger charge is -2.19. The molecule has 1 unspecified atom stereocenters. The molecule has 0 saturated carbocycles. The molecular weight excluding hydrogens is 219 g/mol. The van der Waals surface area contributed by atoms with Crippen LogP contribution in [0.5, 0.6) is 5.75 Å². The molecule has 0 saturated heterocycles. The summed E-state index contributed by atoms with van der Waals surface area (Å²) < 4.78 is 68.2. The van der Waals surface area contributed by atoms with E-state index in [4.69, 9.17) is 0 Å². The summed E-state index contributed by atoms with van der Waals surface area (Å²) in [4.78, 5) is 0. The van der Waals surface area contributed by atoms with E-state index in [2.05, 4.69) is 4.74 Å². The molecule has 0 bridgehead atoms. The molecule has 15 heavy (non-hydrogen) atoms. The van der Waals surface area contributed by atoms with E-state index >= 15 is 0 Å². The molecule has 80 valence electrons. The van der Waals surface area contributed by atoms with Gasteiger partial charge in [0.2, 0.25) is 5.83 Å². The highest BCUT2D eigenvalue weighted by atomic mass is 19.2. The first-order valence-corrected chi connectivity index (χ1v) is 3.86. The molecule has 1 nitrogen and oxygen atoms in total. The average Bonchev–Trinajstić information content (AvgIpc) is 2.20. The zero-order valence-electron chi connectivity index (χ0n) is 7.03. The number of halogens is 5. The smallest absolute Gasteiger partial charge is 0.293 e. The lowest BCUT2D eigenvalue weighted by Crippen LogP contribution is -2.18. The van der Waals surface area contributed by atoms with Crippen LogP contribution < -0.4 is 4.74 Å². The van der Waals surface area contributed by atoms with Crippen molar-refractivity contribution in [3.63, 3.8) is 0 Å². The number of hydrogen-bond acceptors (Lipinski definition) is 1. The fourth-order valence-electron chi connectivity index (χ4n) is 1.22. The topological polar surface area (TPSA) is 9.23 Å². The van der Waals surface area contributed by atoms with Gasteiger partial charge in [0.15, 0.2) is 17.5 Å². The van der Waals surface area contributed by atoms with Crippen LogP contribution in [0.25, 0.3) is 5.83 Å². The maximum Gasteiger partial charge on any atom is 0.293 e. The van der Waals surface area contributed by atoms with Crippen molar-refractivity contribution in [3.05, 3.63) is 35.2 Å². The summed E-state index contributed by atoms with van der Waals surface area (Å²) in [6.45, 7) is 0. The molecule has 1 aromatic carbocycles. The Morgan fingerprint density at radius 2 is 1.73 bits per heavy atom. The number of alkyl halides is 1. The summed E-state index contributed by atoms with van der Waals surface area (Å²) in [5.41, 5.74) is -1.03. The third kappa shape index (κ3) is 1.36. The predicted molar refractivity (Wildman–Crippen MR) is 41.0 cm³/mol. The summed E-state index contributed by atoms with van der Waals surface area (Å²) in [6, 6.07) is 1.46. The molecule has 1 aliphatic heterocycles. The maximum atomic E-state index is 13.0. The van der Waals surface area contributed by atoms with E-state index in [1.165, 1.54) is 0 Å². The molecule has 0 spiro atoms. The molecule has 2 rings (SSSR count). The molecule has 6 heteroatoms. The van der Waals surface area contributed by atoms with Crippen LogP contribution in [-0.2, 0) is 0 Å². The summed E-state index contributed by atoms with van der Waals surface area (Å²) in [5, 5.41) is 0. The van der Waals surface area contributed by atoms with Crippen LogP contribution in [-0.4, -0.2) is 6.36 Å². The zero-order chi connectivity index (χ0) is 11.2. The summed E-state index contributed by atoms with van der Waals surface area (Å²) in [7, 11) is 0. The molecule has 1 aromatic rings. The second-order valence-corrected chi connectivity index (χ2v) is 2.83. The van der Waals surface area contributed by atoms with Gasteiger partial charge < -0.3 is 4.74 Å². The van der Waals surface area contributed by atoms with Gasteiger partial charge in [-0.05, 0) is 12.1 Å². The first-order chi connectivity index (χ1) is 7.02. The lowest BCUT2D eigenvalue weighted by molar-refractivity contribution is 0.0734. The molecular formula is C9H3F5O. The van der Waals surface area contributed by atoms with E-state index in [-0.39, 0.29) is 0 Å². The van der Waals surface area contributed by atoms with Gasteiger partial charge in [0, 0.05) is 0 Å². The Kier molecular flexibility index (Phi) is 2.13. The fourth-order valence-corrected chi connectivity index (χ4v) is 1.22. The average molecular weight is 222 g/mol. The number of benzene rings is 1. The van der Waals surface area contributed by atoms with Gasteiger partial charge in [0.1, 0.15) is 5.75 Å². The molecule has 1 heterocycles. The number of ether oxygens (including phenoxy) is 1. The van der Waals surface area contributed by atoms with Crippen molar-refractivity contribution < 1.29 is 26.7 Å². The van der Waals surface area contributed by atoms with Gasteiger partial charge in [-0.1, -0.05) is 0 Å². The van der Waals surface area contributed by atoms with E-state index in [1.54, 1.807) is 0 Å². The predicted octanol–water partition coefficient (Wildman–Crippen LogP) is 3.26. The Morgan fingerprint density at radius 1 is 1.07 bits per heavy atom. The van der Waals surface area contributed by atoms with Crippen LogP contribution in [0, 0.1) is 11.6 Å². The van der Waals surface area contributed by atoms with E-state index in [0.29, 0.717) is 6.07 Å². The summed E-state index contributed by atoms with van der Waals surface area (Å²) in [5.74, 6) is -7.21. The minimum atomic E-state index is -2.62. The largest absolute Gasteiger partial charge is 0.453 e. The first-order valence-electron chi connectivity index (χ1n) is 3.86. The van der Waals surface area contributed by atoms with Crippen molar-refractivity contribution in [2.24, 2.45) is 0 Å². The number of rotatable bonds is 0. The van der Waals surface area contributed by atoms with Gasteiger partial charge in [-0.2, -0.15) is 4.39 Å². The highest BCUT2D eigenvalue weighted by molar-refractivity contribution is 5.69. The van der Waals surface area contributed by atoms with Gasteiger partial charge in [0.05, 0.1) is 5.56 Å². The monoisotopic (exact) mass is 222 g/mol. The second-order valence-electron chi connectivity index (χ2n) is 2.83. The number of hydrogen-bond donors (Lipinski definition) is 0. The molecule has 0 aliphatic carbocycles. The highest BCUT2D eigenvalue weighted by Gasteiger charge is 2.32. The van der Waals surface area contributed by atoms with Gasteiger partial charge in [-0.3, -0.25) is 0 Å². The standard InChI is InChI=1S/C9H3F5O/c10-3-1-2-4-5(6(3)11)7(12)8(13)9(14)15-4/h1-2,9H. The summed E-state index contributed by atoms with van der Waals surface area (Å²) in [6.07, 6.45) is -2.62. The van der Waals surface area contributed by atoms with Crippen molar-refractivity contribution in [3.8, 4) is 5.75 Å². The van der Waals surface area contributed by atoms with Crippen molar-refractivity contribution in [1.29, 1.82) is 0 Å². The molecule has 0 aromatic heterocycles. The Bertz CT molecular complexity index is 454. The third-order valence-corrected chi connectivity index (χ3v) is 1.92. The molecule has 1 aliphatic rings. The van der Waals surface area contributed by atoms with E-state index in [9.17, 15) is 22.0 Å². The zero-order valence-corrected chi connectivity index (χ0v) is 7.03. The van der Waals surface area contributed by atoms with Crippen LogP contribution >= 0.6 is 0 Å². The first kappa shape index (κ1) is 9.95. The second kappa shape index (κ2) is 3.22. The quantitative estimate of drug-likeness (QED) is 0.612. The molecule has 0 amide bonds. The van der Waals surface area contributed by atoms with Gasteiger partial charge in [-0.15, -0.1) is 0 Å². The minimum Gasteiger partial charge on any atom is -0.453 e. The van der Waals surface area contributed by atoms with E-state index in [0.717, 1.165) is 6.07 Å². The Morgan fingerprint density at radius 3 is 2.40 bits per heavy atom. The van der Waals surface area contributed by atoms with Crippen LogP contribution in [0.2, 0.25) is 0 Å². The van der Waals surface area contributed by atoms with Crippen molar-refractivity contribution in [2.75, 3.05) is 0 Å². The molecule has 1 atom stereocenters. The van der Waals surface area contributed by atoms with Crippen LogP contribution in [0.3, 0.4) is 0 Å². The molecule has 0 radical (unpaired) electrons. The van der Waals surface area contributed by atoms with Crippen molar-refractivity contribution in [2.45, 2.75) is 6.36 Å². The lowest BCUT2D eigenvalue weighted by atomic mass is 10.1. The highest BCUT2D eigenvalue weighted by Crippen LogP contribution is 2.39.